The van der Waals surface area contributed by atoms with Crippen molar-refractivity contribution < 1.29 is 9.53 Å². The maximum absolute atomic E-state index is 12.0. The van der Waals surface area contributed by atoms with Gasteiger partial charge >= 0.3 is 0 Å². The zero-order valence-corrected chi connectivity index (χ0v) is 12.6. The van der Waals surface area contributed by atoms with E-state index in [-0.39, 0.29) is 11.9 Å². The van der Waals surface area contributed by atoms with E-state index in [4.69, 9.17) is 4.74 Å². The molecule has 1 amide bonds. The lowest BCUT2D eigenvalue weighted by atomic mass is 10.00. The van der Waals surface area contributed by atoms with Gasteiger partial charge in [0.05, 0.1) is 12.6 Å². The van der Waals surface area contributed by atoms with Crippen LogP contribution in [0.2, 0.25) is 0 Å². The van der Waals surface area contributed by atoms with Crippen molar-refractivity contribution in [3.63, 3.8) is 0 Å². The smallest absolute Gasteiger partial charge is 0.221 e. The zero-order valence-electron chi connectivity index (χ0n) is 12.6. The van der Waals surface area contributed by atoms with E-state index in [1.54, 1.807) is 0 Å². The van der Waals surface area contributed by atoms with Crippen molar-refractivity contribution in [3.05, 3.63) is 29.3 Å². The van der Waals surface area contributed by atoms with Gasteiger partial charge in [0, 0.05) is 18.5 Å². The number of carbonyl (C=O) groups excluding carboxylic acids is 1. The van der Waals surface area contributed by atoms with Crippen LogP contribution in [0.4, 0.5) is 0 Å². The predicted molar refractivity (Wildman–Crippen MR) is 80.0 cm³/mol. The second kappa shape index (κ2) is 6.75. The lowest BCUT2D eigenvalue weighted by Gasteiger charge is -2.19. The molecular formula is C16H24N2O2. The molecule has 2 rings (SSSR count). The molecule has 0 saturated heterocycles. The van der Waals surface area contributed by atoms with Crippen molar-refractivity contribution in [3.8, 4) is 5.75 Å². The number of hydrogen-bond donors (Lipinski definition) is 1. The van der Waals surface area contributed by atoms with Gasteiger partial charge < -0.3 is 15.0 Å². The first-order chi connectivity index (χ1) is 9.56. The molecule has 0 radical (unpaired) electrons. The third-order valence-corrected chi connectivity index (χ3v) is 3.56. The molecule has 0 bridgehead atoms. The molecule has 1 aromatic rings. The van der Waals surface area contributed by atoms with Gasteiger partial charge in [-0.25, -0.2) is 0 Å². The minimum atomic E-state index is 0.0714. The van der Waals surface area contributed by atoms with Crippen LogP contribution in [0.1, 0.15) is 36.4 Å². The summed E-state index contributed by atoms with van der Waals surface area (Å²) in [5.41, 5.74) is 2.31. The maximum atomic E-state index is 12.0. The average molecular weight is 276 g/mol. The van der Waals surface area contributed by atoms with Gasteiger partial charge in [-0.3, -0.25) is 4.79 Å². The third-order valence-electron chi connectivity index (χ3n) is 3.56. The van der Waals surface area contributed by atoms with Crippen molar-refractivity contribution in [1.82, 2.24) is 10.2 Å². The number of hydrogen-bond acceptors (Lipinski definition) is 3. The van der Waals surface area contributed by atoms with Crippen LogP contribution < -0.4 is 10.1 Å². The van der Waals surface area contributed by atoms with Gasteiger partial charge in [-0.15, -0.1) is 0 Å². The molecule has 1 atom stereocenters. The normalized spacial score (nSPS) is 18.1. The Morgan fingerprint density at radius 3 is 3.00 bits per heavy atom. The van der Waals surface area contributed by atoms with Crippen molar-refractivity contribution in [2.24, 2.45) is 0 Å². The Balaban J connectivity index is 2.08. The Labute approximate surface area is 121 Å². The predicted octanol–water partition coefficient (Wildman–Crippen LogP) is 2.28. The van der Waals surface area contributed by atoms with Gasteiger partial charge in [0.2, 0.25) is 5.91 Å². The summed E-state index contributed by atoms with van der Waals surface area (Å²) in [7, 11) is 3.96. The third kappa shape index (κ3) is 3.97. The van der Waals surface area contributed by atoms with E-state index in [2.05, 4.69) is 24.4 Å². The quantitative estimate of drug-likeness (QED) is 0.917. The summed E-state index contributed by atoms with van der Waals surface area (Å²) in [5, 5.41) is 3.15. The molecule has 4 nitrogen and oxygen atoms in total. The van der Waals surface area contributed by atoms with E-state index >= 15 is 0 Å². The van der Waals surface area contributed by atoms with E-state index in [1.807, 2.05) is 25.1 Å². The average Bonchev–Trinajstić information content (AvgIpc) is 2.59. The molecule has 1 aliphatic heterocycles. The van der Waals surface area contributed by atoms with Gasteiger partial charge in [0.1, 0.15) is 5.75 Å². The molecule has 1 heterocycles. The highest BCUT2D eigenvalue weighted by Crippen LogP contribution is 2.32. The first-order valence-electron chi connectivity index (χ1n) is 7.23. The van der Waals surface area contributed by atoms with Gasteiger partial charge in [-0.1, -0.05) is 17.7 Å². The number of benzene rings is 1. The standard InChI is InChI=1S/C16H24N2O2/c1-12-6-7-15-13(11-12)14(5-4-10-20-15)17-16(19)8-9-18(2)3/h6-7,11,14H,4-5,8-10H2,1-3H3,(H,17,19). The van der Waals surface area contributed by atoms with Gasteiger partial charge in [-0.2, -0.15) is 0 Å². The molecular weight excluding hydrogens is 252 g/mol. The summed E-state index contributed by atoms with van der Waals surface area (Å²) in [6.07, 6.45) is 2.43. The largest absolute Gasteiger partial charge is 0.493 e. The molecule has 0 aromatic heterocycles. The van der Waals surface area contributed by atoms with Crippen LogP contribution in [0.15, 0.2) is 18.2 Å². The highest BCUT2D eigenvalue weighted by Gasteiger charge is 2.21. The van der Waals surface area contributed by atoms with Gasteiger partial charge in [0.25, 0.3) is 0 Å². The topological polar surface area (TPSA) is 41.6 Å². The summed E-state index contributed by atoms with van der Waals surface area (Å²) >= 11 is 0. The summed E-state index contributed by atoms with van der Waals surface area (Å²) in [5.74, 6) is 1.02. The summed E-state index contributed by atoms with van der Waals surface area (Å²) < 4.78 is 5.75. The lowest BCUT2D eigenvalue weighted by molar-refractivity contribution is -0.122. The minimum absolute atomic E-state index is 0.0714. The molecule has 1 unspecified atom stereocenters. The molecule has 1 N–H and O–H groups in total. The molecule has 110 valence electrons. The summed E-state index contributed by atoms with van der Waals surface area (Å²) in [6.45, 7) is 3.56. The van der Waals surface area contributed by atoms with Crippen LogP contribution in [-0.4, -0.2) is 38.1 Å². The number of nitrogens with one attached hydrogen (secondary N) is 1. The molecule has 1 aliphatic rings. The minimum Gasteiger partial charge on any atom is -0.493 e. The first kappa shape index (κ1) is 14.9. The fourth-order valence-electron chi connectivity index (χ4n) is 2.44. The SMILES string of the molecule is Cc1ccc2c(c1)C(NC(=O)CCN(C)C)CCCO2. The number of rotatable bonds is 4. The highest BCUT2D eigenvalue weighted by atomic mass is 16.5. The molecule has 20 heavy (non-hydrogen) atoms. The Kier molecular flexibility index (Phi) is 5.01. The maximum Gasteiger partial charge on any atom is 0.221 e. The number of nitrogens with zero attached hydrogens (tertiary/aromatic N) is 1. The summed E-state index contributed by atoms with van der Waals surface area (Å²) in [4.78, 5) is 14.1. The van der Waals surface area contributed by atoms with Crippen molar-refractivity contribution in [1.29, 1.82) is 0 Å². The zero-order chi connectivity index (χ0) is 14.5. The summed E-state index contributed by atoms with van der Waals surface area (Å²) in [6, 6.07) is 6.25. The van der Waals surface area contributed by atoms with Crippen LogP contribution in [0, 0.1) is 6.92 Å². The monoisotopic (exact) mass is 276 g/mol. The molecule has 0 saturated carbocycles. The van der Waals surface area contributed by atoms with E-state index < -0.39 is 0 Å². The molecule has 0 aliphatic carbocycles. The fraction of sp³-hybridized carbons (Fsp3) is 0.562. The van der Waals surface area contributed by atoms with Crippen LogP contribution in [0.25, 0.3) is 0 Å². The molecule has 4 heteroatoms. The van der Waals surface area contributed by atoms with Gasteiger partial charge in [-0.05, 0) is 39.9 Å². The Bertz CT molecular complexity index is 472. The van der Waals surface area contributed by atoms with Crippen molar-refractivity contribution in [2.75, 3.05) is 27.2 Å². The van der Waals surface area contributed by atoms with E-state index in [9.17, 15) is 4.79 Å². The lowest BCUT2D eigenvalue weighted by Crippen LogP contribution is -2.30. The van der Waals surface area contributed by atoms with Crippen LogP contribution in [0.5, 0.6) is 5.75 Å². The Morgan fingerprint density at radius 1 is 1.45 bits per heavy atom. The van der Waals surface area contributed by atoms with E-state index in [1.165, 1.54) is 5.56 Å². The van der Waals surface area contributed by atoms with Crippen LogP contribution in [-0.2, 0) is 4.79 Å². The molecule has 1 aromatic carbocycles. The second-order valence-electron chi connectivity index (χ2n) is 5.71. The number of ether oxygens (including phenoxy) is 1. The van der Waals surface area contributed by atoms with Crippen LogP contribution >= 0.6 is 0 Å². The van der Waals surface area contributed by atoms with Crippen molar-refractivity contribution >= 4 is 5.91 Å². The molecule has 0 spiro atoms. The van der Waals surface area contributed by atoms with Gasteiger partial charge in [0.15, 0.2) is 0 Å². The fourth-order valence-corrected chi connectivity index (χ4v) is 2.44. The van der Waals surface area contributed by atoms with Crippen molar-refractivity contribution in [2.45, 2.75) is 32.2 Å². The van der Waals surface area contributed by atoms with E-state index in [0.29, 0.717) is 6.42 Å². The number of aryl methyl sites for hydroxylation is 1. The Morgan fingerprint density at radius 2 is 2.25 bits per heavy atom. The highest BCUT2D eigenvalue weighted by molar-refractivity contribution is 5.76. The van der Waals surface area contributed by atoms with Crippen LogP contribution in [0.3, 0.4) is 0 Å². The number of fused-ring (bicyclic) bond motifs is 1. The number of amides is 1. The van der Waals surface area contributed by atoms with E-state index in [0.717, 1.165) is 37.3 Å². The Hall–Kier alpha value is -1.55. The molecule has 0 fully saturated rings. The number of carbonyl (C=O) groups is 1. The first-order valence-corrected chi connectivity index (χ1v) is 7.23. The second-order valence-corrected chi connectivity index (χ2v) is 5.71.